The first-order valence-corrected chi connectivity index (χ1v) is 10.1. The molecule has 8 heteroatoms. The van der Waals surface area contributed by atoms with Gasteiger partial charge in [-0.25, -0.2) is 15.0 Å². The number of imidazole rings is 1. The van der Waals surface area contributed by atoms with Crippen LogP contribution in [0, 0.1) is 5.92 Å². The van der Waals surface area contributed by atoms with Gasteiger partial charge in [0, 0.05) is 32.1 Å². The number of hydrogen-bond acceptors (Lipinski definition) is 6. The number of benzene rings is 1. The van der Waals surface area contributed by atoms with Gasteiger partial charge in [0.15, 0.2) is 11.5 Å². The molecular weight excluding hydrogens is 372 g/mol. The molecule has 1 aliphatic rings. The van der Waals surface area contributed by atoms with E-state index in [1.165, 1.54) is 0 Å². The third-order valence-electron chi connectivity index (χ3n) is 5.03. The molecule has 0 saturated heterocycles. The summed E-state index contributed by atoms with van der Waals surface area (Å²) in [6, 6.07) is 8.17. The lowest BCUT2D eigenvalue weighted by Crippen LogP contribution is -2.24. The van der Waals surface area contributed by atoms with E-state index < -0.39 is 0 Å². The molecule has 3 aromatic heterocycles. The van der Waals surface area contributed by atoms with Gasteiger partial charge in [-0.2, -0.15) is 0 Å². The van der Waals surface area contributed by atoms with Gasteiger partial charge in [0.2, 0.25) is 5.91 Å². The molecule has 1 aliphatic carbocycles. The number of anilines is 1. The maximum absolute atomic E-state index is 11.9. The van der Waals surface area contributed by atoms with E-state index in [9.17, 15) is 4.79 Å². The summed E-state index contributed by atoms with van der Waals surface area (Å²) in [4.78, 5) is 25.8. The first-order chi connectivity index (χ1) is 13.6. The number of amides is 1. The van der Waals surface area contributed by atoms with E-state index in [4.69, 9.17) is 4.98 Å². The summed E-state index contributed by atoms with van der Waals surface area (Å²) in [7, 11) is 3.83. The minimum Gasteiger partial charge on any atom is -0.371 e. The highest BCUT2D eigenvalue weighted by Crippen LogP contribution is 2.36. The highest BCUT2D eigenvalue weighted by atomic mass is 32.1. The summed E-state index contributed by atoms with van der Waals surface area (Å²) in [5.74, 6) is 1.12. The van der Waals surface area contributed by atoms with Crippen LogP contribution in [0.25, 0.3) is 32.0 Å². The van der Waals surface area contributed by atoms with E-state index in [0.717, 1.165) is 50.5 Å². The second-order valence-corrected chi connectivity index (χ2v) is 8.13. The number of pyridine rings is 1. The molecule has 2 N–H and O–H groups in total. The van der Waals surface area contributed by atoms with Gasteiger partial charge in [-0.05, 0) is 24.5 Å². The lowest BCUT2D eigenvalue weighted by Gasteiger charge is -2.05. The summed E-state index contributed by atoms with van der Waals surface area (Å²) in [5, 5.41) is 7.04. The quantitative estimate of drug-likeness (QED) is 0.544. The molecule has 0 atom stereocenters. The molecule has 5 rings (SSSR count). The lowest BCUT2D eigenvalue weighted by molar-refractivity contribution is -0.122. The number of fused-ring (bicyclic) bond motifs is 3. The molecule has 1 aromatic carbocycles. The lowest BCUT2D eigenvalue weighted by atomic mass is 10.1. The summed E-state index contributed by atoms with van der Waals surface area (Å²) in [5.41, 5.74) is 4.70. The number of hydrogen-bond donors (Lipinski definition) is 2. The summed E-state index contributed by atoms with van der Waals surface area (Å²) < 4.78 is 3.03. The topological polar surface area (TPSA) is 84.7 Å². The number of carbonyl (C=O) groups excluding carboxylic acids is 1. The Labute approximate surface area is 165 Å². The molecule has 142 valence electrons. The van der Waals surface area contributed by atoms with Gasteiger partial charge in [-0.15, -0.1) is 11.3 Å². The minimum absolute atomic E-state index is 0.160. The van der Waals surface area contributed by atoms with Crippen molar-refractivity contribution in [3.63, 3.8) is 0 Å². The molecule has 7 nitrogen and oxygen atoms in total. The molecule has 0 spiro atoms. The van der Waals surface area contributed by atoms with Crippen LogP contribution in [0.3, 0.4) is 0 Å². The Morgan fingerprint density at radius 1 is 1.32 bits per heavy atom. The van der Waals surface area contributed by atoms with Crippen molar-refractivity contribution < 1.29 is 4.79 Å². The van der Waals surface area contributed by atoms with Gasteiger partial charge in [0.1, 0.15) is 15.2 Å². The fourth-order valence-corrected chi connectivity index (χ4v) is 4.45. The molecule has 0 radical (unpaired) electrons. The Morgan fingerprint density at radius 2 is 2.18 bits per heavy atom. The number of carbonyl (C=O) groups is 1. The zero-order valence-corrected chi connectivity index (χ0v) is 16.5. The molecule has 28 heavy (non-hydrogen) atoms. The average Bonchev–Trinajstić information content (AvgIpc) is 3.37. The Hall–Kier alpha value is -3.00. The normalized spacial score (nSPS) is 13.9. The zero-order chi connectivity index (χ0) is 19.3. The van der Waals surface area contributed by atoms with Crippen LogP contribution in [0.4, 0.5) is 5.82 Å². The third-order valence-corrected chi connectivity index (χ3v) is 6.13. The van der Waals surface area contributed by atoms with E-state index in [1.54, 1.807) is 17.7 Å². The average molecular weight is 392 g/mol. The van der Waals surface area contributed by atoms with E-state index in [0.29, 0.717) is 12.2 Å². The maximum atomic E-state index is 11.9. The first kappa shape index (κ1) is 17.1. The van der Waals surface area contributed by atoms with E-state index >= 15 is 0 Å². The van der Waals surface area contributed by atoms with Gasteiger partial charge in [-0.1, -0.05) is 18.2 Å². The van der Waals surface area contributed by atoms with Crippen molar-refractivity contribution in [1.29, 1.82) is 0 Å². The van der Waals surface area contributed by atoms with Crippen LogP contribution in [-0.2, 0) is 18.4 Å². The summed E-state index contributed by atoms with van der Waals surface area (Å²) in [6.45, 7) is 0.544. The van der Waals surface area contributed by atoms with Crippen LogP contribution in [-0.4, -0.2) is 32.5 Å². The number of nitrogens with one attached hydrogen (secondary N) is 2. The van der Waals surface area contributed by atoms with Crippen molar-refractivity contribution in [2.24, 2.45) is 13.0 Å². The predicted molar refractivity (Wildman–Crippen MR) is 111 cm³/mol. The standard InChI is InChI=1S/C20H20N6OS/c1-21-17-14-15(26(2)10-23-14)16-18(24-17)25-20(28-16)13-5-3-4-11(8-13)9-22-19(27)12-6-7-12/h3-5,8,10,12H,6-7,9H2,1-2H3,(H,21,24)(H,22,27). The van der Waals surface area contributed by atoms with Crippen molar-refractivity contribution in [2.75, 3.05) is 12.4 Å². The SMILES string of the molecule is CNc1nc2nc(-c3cccc(CNC(=O)C4CC4)c3)sc2c2c1ncn2C. The Balaban J connectivity index is 1.52. The van der Waals surface area contributed by atoms with Crippen molar-refractivity contribution in [3.8, 4) is 10.6 Å². The monoisotopic (exact) mass is 392 g/mol. The molecule has 4 aromatic rings. The highest BCUT2D eigenvalue weighted by molar-refractivity contribution is 7.22. The van der Waals surface area contributed by atoms with Crippen molar-refractivity contribution >= 4 is 44.4 Å². The van der Waals surface area contributed by atoms with E-state index in [1.807, 2.05) is 36.9 Å². The molecule has 1 amide bonds. The molecule has 1 fully saturated rings. The van der Waals surface area contributed by atoms with Gasteiger partial charge in [-0.3, -0.25) is 4.79 Å². The molecule has 0 unspecified atom stereocenters. The molecular formula is C20H20N6OS. The third kappa shape index (κ3) is 2.90. The summed E-state index contributed by atoms with van der Waals surface area (Å²) in [6.07, 6.45) is 3.83. The molecule has 1 saturated carbocycles. The van der Waals surface area contributed by atoms with Crippen LogP contribution in [0.5, 0.6) is 0 Å². The van der Waals surface area contributed by atoms with Crippen molar-refractivity contribution in [3.05, 3.63) is 36.2 Å². The number of thiazole rings is 1. The van der Waals surface area contributed by atoms with E-state index in [2.05, 4.69) is 26.7 Å². The summed E-state index contributed by atoms with van der Waals surface area (Å²) >= 11 is 1.62. The largest absolute Gasteiger partial charge is 0.371 e. The molecule has 0 bridgehead atoms. The highest BCUT2D eigenvalue weighted by Gasteiger charge is 2.29. The Morgan fingerprint density at radius 3 is 2.96 bits per heavy atom. The number of aryl methyl sites for hydroxylation is 1. The van der Waals surface area contributed by atoms with Crippen molar-refractivity contribution in [2.45, 2.75) is 19.4 Å². The maximum Gasteiger partial charge on any atom is 0.223 e. The van der Waals surface area contributed by atoms with Crippen molar-refractivity contribution in [1.82, 2.24) is 24.8 Å². The predicted octanol–water partition coefficient (Wildman–Crippen LogP) is 3.31. The Bertz CT molecular complexity index is 1210. The fraction of sp³-hybridized carbons (Fsp3) is 0.300. The number of nitrogens with zero attached hydrogens (tertiary/aromatic N) is 4. The Kier molecular flexibility index (Phi) is 4.01. The molecule has 0 aliphatic heterocycles. The second kappa shape index (κ2) is 6.56. The number of aromatic nitrogens is 4. The van der Waals surface area contributed by atoms with Crippen LogP contribution < -0.4 is 10.6 Å². The van der Waals surface area contributed by atoms with Gasteiger partial charge < -0.3 is 15.2 Å². The van der Waals surface area contributed by atoms with Crippen LogP contribution in [0.1, 0.15) is 18.4 Å². The fourth-order valence-electron chi connectivity index (χ4n) is 3.36. The van der Waals surface area contributed by atoms with Crippen LogP contribution >= 0.6 is 11.3 Å². The number of rotatable bonds is 5. The van der Waals surface area contributed by atoms with E-state index in [-0.39, 0.29) is 11.8 Å². The van der Waals surface area contributed by atoms with Gasteiger partial charge in [0.05, 0.1) is 11.8 Å². The van der Waals surface area contributed by atoms with Gasteiger partial charge in [0.25, 0.3) is 0 Å². The van der Waals surface area contributed by atoms with Crippen LogP contribution in [0.15, 0.2) is 30.6 Å². The first-order valence-electron chi connectivity index (χ1n) is 9.30. The smallest absolute Gasteiger partial charge is 0.223 e. The van der Waals surface area contributed by atoms with Crippen LogP contribution in [0.2, 0.25) is 0 Å². The van der Waals surface area contributed by atoms with Gasteiger partial charge >= 0.3 is 0 Å². The zero-order valence-electron chi connectivity index (χ0n) is 15.7. The molecule has 3 heterocycles. The second-order valence-electron chi connectivity index (χ2n) is 7.13. The minimum atomic E-state index is 0.160.